The fraction of sp³-hybridized carbons (Fsp3) is 0.333. The van der Waals surface area contributed by atoms with Gasteiger partial charge in [0.05, 0.1) is 17.5 Å². The summed E-state index contributed by atoms with van der Waals surface area (Å²) in [4.78, 5) is 23.8. The van der Waals surface area contributed by atoms with Crippen LogP contribution in [-0.4, -0.2) is 23.7 Å². The van der Waals surface area contributed by atoms with Crippen molar-refractivity contribution in [2.45, 2.75) is 18.2 Å². The third kappa shape index (κ3) is 3.85. The van der Waals surface area contributed by atoms with Crippen LogP contribution in [-0.2, 0) is 16.0 Å². The highest BCUT2D eigenvalue weighted by Gasteiger charge is 2.16. The number of ketones is 1. The van der Waals surface area contributed by atoms with Crippen LogP contribution in [0.4, 0.5) is 0 Å². The normalized spacial score (nSPS) is 10.1. The zero-order valence-corrected chi connectivity index (χ0v) is 11.9. The molecule has 0 fully saturated rings. The largest absolute Gasteiger partial charge is 0.462 e. The van der Waals surface area contributed by atoms with E-state index in [0.717, 1.165) is 0 Å². The third-order valence-corrected chi connectivity index (χ3v) is 3.21. The molecule has 0 amide bonds. The molecule has 1 rings (SSSR count). The lowest BCUT2D eigenvalue weighted by molar-refractivity contribution is -0.115. The van der Waals surface area contributed by atoms with E-state index in [4.69, 9.17) is 4.74 Å². The second kappa shape index (κ2) is 6.81. The number of thiol groups is 1. The van der Waals surface area contributed by atoms with Crippen molar-refractivity contribution in [1.82, 2.24) is 0 Å². The van der Waals surface area contributed by atoms with Crippen LogP contribution in [0.15, 0.2) is 23.1 Å². The minimum absolute atomic E-state index is 0.00273. The smallest absolute Gasteiger partial charge is 0.338 e. The second-order valence-corrected chi connectivity index (χ2v) is 4.42. The summed E-state index contributed by atoms with van der Waals surface area (Å²) in [6.07, 6.45) is 0.180. The minimum Gasteiger partial charge on any atom is -0.462 e. The minimum atomic E-state index is -0.416. The maximum Gasteiger partial charge on any atom is 0.338 e. The van der Waals surface area contributed by atoms with Crippen molar-refractivity contribution in [3.8, 4) is 0 Å². The predicted octanol–water partition coefficient (Wildman–Crippen LogP) is 2.66. The van der Waals surface area contributed by atoms with Gasteiger partial charge in [0.1, 0.15) is 5.78 Å². The van der Waals surface area contributed by atoms with Crippen LogP contribution in [0.3, 0.4) is 0 Å². The van der Waals surface area contributed by atoms with Gasteiger partial charge < -0.3 is 4.74 Å². The van der Waals surface area contributed by atoms with Crippen molar-refractivity contribution in [3.05, 3.63) is 29.3 Å². The number of halogens is 1. The fourth-order valence-electron chi connectivity index (χ4n) is 1.40. The number of carbonyl (C=O) groups is 2. The number of ether oxygens (including phenoxy) is 1. The Labute approximate surface area is 114 Å². The predicted molar refractivity (Wildman–Crippen MR) is 72.2 cm³/mol. The number of hydrogen-bond acceptors (Lipinski definition) is 4. The Morgan fingerprint density at radius 2 is 2.12 bits per heavy atom. The second-order valence-electron chi connectivity index (χ2n) is 3.37. The van der Waals surface area contributed by atoms with Crippen LogP contribution in [0.5, 0.6) is 0 Å². The lowest BCUT2D eigenvalue weighted by atomic mass is 10.0. The molecule has 0 heterocycles. The monoisotopic (exact) mass is 316 g/mol. The van der Waals surface area contributed by atoms with Gasteiger partial charge in [0.2, 0.25) is 0 Å². The van der Waals surface area contributed by atoms with Crippen LogP contribution < -0.4 is 0 Å². The maximum absolute atomic E-state index is 11.7. The third-order valence-electron chi connectivity index (χ3n) is 2.17. The highest BCUT2D eigenvalue weighted by molar-refractivity contribution is 9.09. The Balaban J connectivity index is 3.08. The van der Waals surface area contributed by atoms with E-state index in [2.05, 4.69) is 28.6 Å². The summed E-state index contributed by atoms with van der Waals surface area (Å²) < 4.78 is 4.94. The molecule has 0 unspecified atom stereocenters. The van der Waals surface area contributed by atoms with E-state index in [-0.39, 0.29) is 17.5 Å². The Hall–Kier alpha value is -0.810. The number of Topliss-reactive ketones (excluding diaryl/α,β-unsaturated/α-hetero) is 1. The van der Waals surface area contributed by atoms with Gasteiger partial charge >= 0.3 is 5.97 Å². The number of alkyl halides is 1. The quantitative estimate of drug-likeness (QED) is 0.516. The molecular formula is C12H13BrO3S. The number of hydrogen-bond donors (Lipinski definition) is 1. The van der Waals surface area contributed by atoms with Gasteiger partial charge in [0.15, 0.2) is 0 Å². The van der Waals surface area contributed by atoms with Gasteiger partial charge in [-0.15, -0.1) is 12.6 Å². The van der Waals surface area contributed by atoms with Gasteiger partial charge in [0, 0.05) is 11.3 Å². The molecule has 0 N–H and O–H groups in total. The van der Waals surface area contributed by atoms with E-state index in [0.29, 0.717) is 22.6 Å². The van der Waals surface area contributed by atoms with Gasteiger partial charge in [-0.05, 0) is 24.6 Å². The standard InChI is InChI=1S/C12H13BrO3S/c1-2-16-12(15)9-4-3-5-11(17)10(9)6-8(14)7-13/h3-5,17H,2,6-7H2,1H3. The maximum atomic E-state index is 11.7. The SMILES string of the molecule is CCOC(=O)c1cccc(S)c1CC(=O)CBr. The first-order valence-corrected chi connectivity index (χ1v) is 6.72. The zero-order valence-electron chi connectivity index (χ0n) is 9.40. The Kier molecular flexibility index (Phi) is 5.71. The molecular weight excluding hydrogens is 304 g/mol. The van der Waals surface area contributed by atoms with Crippen LogP contribution in [0.1, 0.15) is 22.8 Å². The van der Waals surface area contributed by atoms with E-state index < -0.39 is 5.97 Å². The fourth-order valence-corrected chi connectivity index (χ4v) is 1.89. The summed E-state index contributed by atoms with van der Waals surface area (Å²) in [5.41, 5.74) is 1.03. The molecule has 0 saturated heterocycles. The highest BCUT2D eigenvalue weighted by atomic mass is 79.9. The average Bonchev–Trinajstić information content (AvgIpc) is 2.31. The Morgan fingerprint density at radius 1 is 1.41 bits per heavy atom. The van der Waals surface area contributed by atoms with Crippen molar-refractivity contribution in [2.75, 3.05) is 11.9 Å². The Bertz CT molecular complexity index is 432. The lowest BCUT2D eigenvalue weighted by Gasteiger charge is -2.10. The molecule has 0 aromatic heterocycles. The molecule has 0 bridgehead atoms. The molecule has 5 heteroatoms. The first-order chi connectivity index (χ1) is 8.10. The molecule has 0 radical (unpaired) electrons. The topological polar surface area (TPSA) is 43.4 Å². The van der Waals surface area contributed by atoms with Crippen LogP contribution in [0.25, 0.3) is 0 Å². The molecule has 1 aromatic rings. The Morgan fingerprint density at radius 3 is 2.71 bits per heavy atom. The average molecular weight is 317 g/mol. The summed E-state index contributed by atoms with van der Waals surface area (Å²) in [6.45, 7) is 2.05. The van der Waals surface area contributed by atoms with Crippen molar-refractivity contribution >= 4 is 40.3 Å². The van der Waals surface area contributed by atoms with Crippen LogP contribution in [0, 0.1) is 0 Å². The summed E-state index contributed by atoms with van der Waals surface area (Å²) >= 11 is 7.37. The van der Waals surface area contributed by atoms with E-state index in [1.54, 1.807) is 25.1 Å². The van der Waals surface area contributed by atoms with Crippen molar-refractivity contribution in [3.63, 3.8) is 0 Å². The molecule has 92 valence electrons. The molecule has 0 spiro atoms. The molecule has 0 atom stereocenters. The first kappa shape index (κ1) is 14.3. The van der Waals surface area contributed by atoms with E-state index in [1.807, 2.05) is 0 Å². The summed E-state index contributed by atoms with van der Waals surface area (Å²) in [5, 5.41) is 0.261. The van der Waals surface area contributed by atoms with Crippen molar-refractivity contribution in [2.24, 2.45) is 0 Å². The summed E-state index contributed by atoms with van der Waals surface area (Å²) in [7, 11) is 0. The summed E-state index contributed by atoms with van der Waals surface area (Å²) in [6, 6.07) is 5.12. The van der Waals surface area contributed by atoms with Crippen molar-refractivity contribution in [1.29, 1.82) is 0 Å². The number of rotatable bonds is 5. The molecule has 0 aliphatic carbocycles. The van der Waals surface area contributed by atoms with E-state index in [1.165, 1.54) is 0 Å². The molecule has 1 aromatic carbocycles. The van der Waals surface area contributed by atoms with Crippen LogP contribution in [0.2, 0.25) is 0 Å². The van der Waals surface area contributed by atoms with Gasteiger partial charge in [-0.3, -0.25) is 4.79 Å². The van der Waals surface area contributed by atoms with Gasteiger partial charge in [-0.2, -0.15) is 0 Å². The number of esters is 1. The van der Waals surface area contributed by atoms with Gasteiger partial charge in [-0.25, -0.2) is 4.79 Å². The molecule has 0 aliphatic heterocycles. The highest BCUT2D eigenvalue weighted by Crippen LogP contribution is 2.20. The number of carbonyl (C=O) groups excluding carboxylic acids is 2. The number of benzene rings is 1. The van der Waals surface area contributed by atoms with Crippen LogP contribution >= 0.6 is 28.6 Å². The zero-order chi connectivity index (χ0) is 12.8. The van der Waals surface area contributed by atoms with Gasteiger partial charge in [0.25, 0.3) is 0 Å². The lowest BCUT2D eigenvalue weighted by Crippen LogP contribution is -2.12. The molecule has 0 saturated carbocycles. The van der Waals surface area contributed by atoms with E-state index >= 15 is 0 Å². The van der Waals surface area contributed by atoms with Crippen molar-refractivity contribution < 1.29 is 14.3 Å². The summed E-state index contributed by atoms with van der Waals surface area (Å²) in [5.74, 6) is -0.419. The molecule has 0 aliphatic rings. The molecule has 17 heavy (non-hydrogen) atoms. The molecule has 3 nitrogen and oxygen atoms in total. The van der Waals surface area contributed by atoms with Gasteiger partial charge in [-0.1, -0.05) is 22.0 Å². The first-order valence-electron chi connectivity index (χ1n) is 5.15. The van der Waals surface area contributed by atoms with E-state index in [9.17, 15) is 9.59 Å².